The lowest BCUT2D eigenvalue weighted by Crippen LogP contribution is -2.41. The molecule has 0 unspecified atom stereocenters. The number of hydrogen-bond donors (Lipinski definition) is 1. The van der Waals surface area contributed by atoms with E-state index in [1.807, 2.05) is 18.7 Å². The third kappa shape index (κ3) is 6.65. The third-order valence-corrected chi connectivity index (χ3v) is 9.05. The van der Waals surface area contributed by atoms with E-state index in [9.17, 15) is 13.2 Å². The first kappa shape index (κ1) is 24.9. The number of sulfonamides is 1. The fourth-order valence-electron chi connectivity index (χ4n) is 3.87. The zero-order valence-electron chi connectivity index (χ0n) is 18.6. The van der Waals surface area contributed by atoms with Crippen LogP contribution in [0.3, 0.4) is 0 Å². The van der Waals surface area contributed by atoms with E-state index in [2.05, 4.69) is 5.32 Å². The summed E-state index contributed by atoms with van der Waals surface area (Å²) in [6.07, 6.45) is 6.39. The molecule has 1 amide bonds. The van der Waals surface area contributed by atoms with Crippen molar-refractivity contribution in [3.63, 3.8) is 0 Å². The van der Waals surface area contributed by atoms with Crippen LogP contribution in [0.25, 0.3) is 0 Å². The number of benzene rings is 2. The van der Waals surface area contributed by atoms with E-state index < -0.39 is 10.0 Å². The van der Waals surface area contributed by atoms with E-state index in [-0.39, 0.29) is 17.3 Å². The number of anilines is 1. The maximum Gasteiger partial charge on any atom is 0.264 e. The van der Waals surface area contributed by atoms with Crippen molar-refractivity contribution >= 4 is 45.0 Å². The molecule has 174 valence electrons. The third-order valence-electron chi connectivity index (χ3n) is 5.65. The molecule has 0 radical (unpaired) electrons. The molecule has 1 saturated carbocycles. The zero-order valence-corrected chi connectivity index (χ0v) is 21.0. The first-order valence-corrected chi connectivity index (χ1v) is 13.9. The Kier molecular flexibility index (Phi) is 8.91. The van der Waals surface area contributed by atoms with Crippen molar-refractivity contribution in [2.45, 2.75) is 56.1 Å². The van der Waals surface area contributed by atoms with Crippen LogP contribution in [0.5, 0.6) is 0 Å². The van der Waals surface area contributed by atoms with E-state index in [4.69, 9.17) is 11.6 Å². The van der Waals surface area contributed by atoms with Crippen molar-refractivity contribution in [2.24, 2.45) is 0 Å². The molecule has 8 heteroatoms. The lowest BCUT2D eigenvalue weighted by molar-refractivity contribution is -0.119. The largest absolute Gasteiger partial charge is 0.354 e. The molecule has 1 aliphatic rings. The van der Waals surface area contributed by atoms with Gasteiger partial charge >= 0.3 is 0 Å². The number of amides is 1. The van der Waals surface area contributed by atoms with Crippen molar-refractivity contribution in [3.05, 3.63) is 58.6 Å². The molecule has 1 fully saturated rings. The lowest BCUT2D eigenvalue weighted by atomic mass is 10.0. The van der Waals surface area contributed by atoms with Crippen LogP contribution >= 0.6 is 23.4 Å². The van der Waals surface area contributed by atoms with E-state index in [0.29, 0.717) is 28.1 Å². The Hall–Kier alpha value is -1.70. The van der Waals surface area contributed by atoms with Crippen LogP contribution in [0.1, 0.15) is 43.2 Å². The van der Waals surface area contributed by atoms with Gasteiger partial charge in [-0.3, -0.25) is 9.10 Å². The quantitative estimate of drug-likeness (QED) is 0.478. The summed E-state index contributed by atoms with van der Waals surface area (Å²) in [5.74, 6) is 0.514. The molecule has 3 rings (SSSR count). The molecule has 0 aliphatic heterocycles. The number of aryl methyl sites for hydroxylation is 2. The summed E-state index contributed by atoms with van der Waals surface area (Å²) >= 11 is 7.98. The molecule has 2 aromatic carbocycles. The van der Waals surface area contributed by atoms with Crippen LogP contribution in [-0.4, -0.2) is 38.4 Å². The highest BCUT2D eigenvalue weighted by Crippen LogP contribution is 2.29. The van der Waals surface area contributed by atoms with Crippen LogP contribution in [0.4, 0.5) is 5.69 Å². The van der Waals surface area contributed by atoms with Gasteiger partial charge in [-0.1, -0.05) is 48.6 Å². The van der Waals surface area contributed by atoms with E-state index in [1.54, 1.807) is 49.4 Å². The van der Waals surface area contributed by atoms with Crippen molar-refractivity contribution in [1.29, 1.82) is 0 Å². The molecular formula is C24H31ClN2O3S2. The van der Waals surface area contributed by atoms with Crippen LogP contribution in [0.15, 0.2) is 47.4 Å². The Balaban J connectivity index is 1.72. The number of rotatable bonds is 9. The molecular weight excluding hydrogens is 464 g/mol. The van der Waals surface area contributed by atoms with Gasteiger partial charge in [-0.15, -0.1) is 0 Å². The summed E-state index contributed by atoms with van der Waals surface area (Å²) in [5.41, 5.74) is 2.10. The summed E-state index contributed by atoms with van der Waals surface area (Å²) in [6.45, 7) is 3.93. The molecule has 0 aromatic heterocycles. The first-order chi connectivity index (χ1) is 15.3. The van der Waals surface area contributed by atoms with Gasteiger partial charge in [0.05, 0.1) is 10.6 Å². The normalized spacial score (nSPS) is 14.8. The Morgan fingerprint density at radius 2 is 1.78 bits per heavy atom. The second kappa shape index (κ2) is 11.4. The van der Waals surface area contributed by atoms with Gasteiger partial charge in [-0.05, 0) is 62.6 Å². The number of hydrogen-bond acceptors (Lipinski definition) is 4. The highest BCUT2D eigenvalue weighted by atomic mass is 35.5. The minimum atomic E-state index is -3.92. The molecule has 0 saturated heterocycles. The molecule has 0 heterocycles. The molecule has 32 heavy (non-hydrogen) atoms. The van der Waals surface area contributed by atoms with Gasteiger partial charge < -0.3 is 5.32 Å². The second-order valence-electron chi connectivity index (χ2n) is 8.24. The van der Waals surface area contributed by atoms with Gasteiger partial charge in [-0.25, -0.2) is 8.42 Å². The Bertz CT molecular complexity index is 1020. The fourth-order valence-corrected chi connectivity index (χ4v) is 6.80. The standard InChI is InChI=1S/C24H31ClN2O3S2/c1-18-8-11-22(12-9-18)32(29,30)27(23-13-10-20(25)16-19(23)2)17-24(28)26-14-15-31-21-6-4-3-5-7-21/h8-13,16,21H,3-7,14-15,17H2,1-2H3,(H,26,28). The Morgan fingerprint density at radius 1 is 1.09 bits per heavy atom. The molecule has 2 aromatic rings. The van der Waals surface area contributed by atoms with Gasteiger partial charge in [0.2, 0.25) is 5.91 Å². The highest BCUT2D eigenvalue weighted by molar-refractivity contribution is 7.99. The number of thioether (sulfide) groups is 1. The second-order valence-corrected chi connectivity index (χ2v) is 11.9. The number of carbonyl (C=O) groups is 1. The topological polar surface area (TPSA) is 66.5 Å². The van der Waals surface area contributed by atoms with Crippen molar-refractivity contribution < 1.29 is 13.2 Å². The Morgan fingerprint density at radius 3 is 2.44 bits per heavy atom. The summed E-state index contributed by atoms with van der Waals surface area (Å²) in [6, 6.07) is 11.6. The number of nitrogens with zero attached hydrogens (tertiary/aromatic N) is 1. The smallest absolute Gasteiger partial charge is 0.264 e. The molecule has 0 spiro atoms. The molecule has 1 N–H and O–H groups in total. The highest BCUT2D eigenvalue weighted by Gasteiger charge is 2.28. The van der Waals surface area contributed by atoms with Crippen LogP contribution in [0, 0.1) is 13.8 Å². The maximum absolute atomic E-state index is 13.5. The minimum absolute atomic E-state index is 0.151. The van der Waals surface area contributed by atoms with Gasteiger partial charge in [0.1, 0.15) is 6.54 Å². The maximum atomic E-state index is 13.5. The predicted molar refractivity (Wildman–Crippen MR) is 134 cm³/mol. The van der Waals surface area contributed by atoms with Crippen LogP contribution in [-0.2, 0) is 14.8 Å². The SMILES string of the molecule is Cc1ccc(S(=O)(=O)N(CC(=O)NCCSC2CCCCC2)c2ccc(Cl)cc2C)cc1. The molecule has 1 aliphatic carbocycles. The zero-order chi connectivity index (χ0) is 23.1. The van der Waals surface area contributed by atoms with E-state index in [0.717, 1.165) is 11.3 Å². The predicted octanol–water partition coefficient (Wildman–Crippen LogP) is 5.33. The number of carbonyl (C=O) groups excluding carboxylic acids is 1. The first-order valence-electron chi connectivity index (χ1n) is 11.0. The molecule has 0 bridgehead atoms. The summed E-state index contributed by atoms with van der Waals surface area (Å²) < 4.78 is 28.1. The van der Waals surface area contributed by atoms with Crippen molar-refractivity contribution in [2.75, 3.05) is 23.1 Å². The monoisotopic (exact) mass is 494 g/mol. The Labute approximate surface area is 201 Å². The summed E-state index contributed by atoms with van der Waals surface area (Å²) in [5, 5.41) is 4.09. The molecule has 0 atom stereocenters. The summed E-state index contributed by atoms with van der Waals surface area (Å²) in [7, 11) is -3.92. The lowest BCUT2D eigenvalue weighted by Gasteiger charge is -2.26. The van der Waals surface area contributed by atoms with Crippen molar-refractivity contribution in [1.82, 2.24) is 5.32 Å². The van der Waals surface area contributed by atoms with E-state index >= 15 is 0 Å². The minimum Gasteiger partial charge on any atom is -0.354 e. The number of nitrogens with one attached hydrogen (secondary N) is 1. The van der Waals surface area contributed by atoms with E-state index in [1.165, 1.54) is 36.4 Å². The van der Waals surface area contributed by atoms with Gasteiger partial charge in [0, 0.05) is 22.6 Å². The fraction of sp³-hybridized carbons (Fsp3) is 0.458. The van der Waals surface area contributed by atoms with Gasteiger partial charge in [-0.2, -0.15) is 11.8 Å². The van der Waals surface area contributed by atoms with Gasteiger partial charge in [0.25, 0.3) is 10.0 Å². The molecule has 5 nitrogen and oxygen atoms in total. The average Bonchev–Trinajstić information content (AvgIpc) is 2.76. The van der Waals surface area contributed by atoms with Gasteiger partial charge in [0.15, 0.2) is 0 Å². The van der Waals surface area contributed by atoms with Crippen LogP contribution in [0.2, 0.25) is 5.02 Å². The summed E-state index contributed by atoms with van der Waals surface area (Å²) in [4.78, 5) is 12.9. The van der Waals surface area contributed by atoms with Crippen molar-refractivity contribution in [3.8, 4) is 0 Å². The average molecular weight is 495 g/mol. The van der Waals surface area contributed by atoms with Crippen LogP contribution < -0.4 is 9.62 Å². The number of halogens is 1.